The van der Waals surface area contributed by atoms with Crippen molar-refractivity contribution in [3.8, 4) is 5.75 Å². The molecule has 1 saturated carbocycles. The minimum atomic E-state index is -0.00258. The number of phenols is 1. The molecule has 0 aliphatic heterocycles. The molecule has 14 heavy (non-hydrogen) atoms. The number of nitrogens with two attached hydrogens (primary N) is 1. The fourth-order valence-electron chi connectivity index (χ4n) is 1.67. The number of aromatic hydroxyl groups is 1. The Morgan fingerprint density at radius 1 is 1.50 bits per heavy atom. The van der Waals surface area contributed by atoms with Crippen molar-refractivity contribution in [1.29, 1.82) is 0 Å². The molecular formula is C11H14INO. The zero-order valence-corrected chi connectivity index (χ0v) is 10.1. The topological polar surface area (TPSA) is 46.2 Å². The van der Waals surface area contributed by atoms with Gasteiger partial charge in [-0.3, -0.25) is 0 Å². The van der Waals surface area contributed by atoms with Crippen LogP contribution in [0.25, 0.3) is 0 Å². The monoisotopic (exact) mass is 303 g/mol. The Morgan fingerprint density at radius 3 is 2.86 bits per heavy atom. The van der Waals surface area contributed by atoms with Gasteiger partial charge < -0.3 is 10.8 Å². The Hall–Kier alpha value is -0.290. The minimum absolute atomic E-state index is 0.00258. The first-order valence-corrected chi connectivity index (χ1v) is 5.99. The van der Waals surface area contributed by atoms with E-state index in [4.69, 9.17) is 5.73 Å². The number of rotatable bonds is 3. The molecular weight excluding hydrogens is 289 g/mol. The van der Waals surface area contributed by atoms with Crippen LogP contribution in [0.2, 0.25) is 0 Å². The lowest BCUT2D eigenvalue weighted by molar-refractivity contribution is 0.452. The summed E-state index contributed by atoms with van der Waals surface area (Å²) in [6.45, 7) is 0. The average Bonchev–Trinajstić information content (AvgIpc) is 2.93. The van der Waals surface area contributed by atoms with Crippen LogP contribution in [-0.2, 0) is 0 Å². The van der Waals surface area contributed by atoms with Gasteiger partial charge in [0.15, 0.2) is 0 Å². The van der Waals surface area contributed by atoms with E-state index in [1.54, 1.807) is 0 Å². The summed E-state index contributed by atoms with van der Waals surface area (Å²) < 4.78 is 0.881. The summed E-state index contributed by atoms with van der Waals surface area (Å²) in [5, 5.41) is 9.81. The van der Waals surface area contributed by atoms with Crippen LogP contribution in [0.5, 0.6) is 5.75 Å². The highest BCUT2D eigenvalue weighted by Crippen LogP contribution is 2.39. The highest BCUT2D eigenvalue weighted by Gasteiger charge is 2.25. The molecule has 1 aliphatic carbocycles. The van der Waals surface area contributed by atoms with Gasteiger partial charge in [-0.25, -0.2) is 0 Å². The fraction of sp³-hybridized carbons (Fsp3) is 0.455. The van der Waals surface area contributed by atoms with Crippen LogP contribution in [0.1, 0.15) is 30.9 Å². The van der Waals surface area contributed by atoms with Crippen molar-refractivity contribution in [3.05, 3.63) is 27.3 Å². The quantitative estimate of drug-likeness (QED) is 0.844. The van der Waals surface area contributed by atoms with Crippen molar-refractivity contribution in [3.63, 3.8) is 0 Å². The molecule has 3 heteroatoms. The molecule has 0 amide bonds. The van der Waals surface area contributed by atoms with Crippen LogP contribution in [0, 0.1) is 9.49 Å². The van der Waals surface area contributed by atoms with Crippen LogP contribution in [0.15, 0.2) is 18.2 Å². The van der Waals surface area contributed by atoms with E-state index in [9.17, 15) is 5.11 Å². The molecule has 0 heterocycles. The van der Waals surface area contributed by atoms with Gasteiger partial charge in [0.1, 0.15) is 5.75 Å². The number of hydrogen-bond donors (Lipinski definition) is 2. The second kappa shape index (κ2) is 4.06. The third kappa shape index (κ3) is 2.20. The summed E-state index contributed by atoms with van der Waals surface area (Å²) in [6.07, 6.45) is 3.62. The predicted molar refractivity (Wildman–Crippen MR) is 65.1 cm³/mol. The molecule has 0 saturated heterocycles. The highest BCUT2D eigenvalue weighted by molar-refractivity contribution is 14.1. The van der Waals surface area contributed by atoms with Crippen molar-refractivity contribution >= 4 is 22.6 Å². The van der Waals surface area contributed by atoms with Crippen LogP contribution in [0.4, 0.5) is 0 Å². The van der Waals surface area contributed by atoms with Gasteiger partial charge in [-0.2, -0.15) is 0 Å². The lowest BCUT2D eigenvalue weighted by atomic mass is 10.0. The average molecular weight is 303 g/mol. The molecule has 0 radical (unpaired) electrons. The van der Waals surface area contributed by atoms with Crippen LogP contribution in [-0.4, -0.2) is 5.11 Å². The number of benzene rings is 1. The van der Waals surface area contributed by atoms with Crippen LogP contribution in [0.3, 0.4) is 0 Å². The summed E-state index contributed by atoms with van der Waals surface area (Å²) in [5.74, 6) is 1.16. The molecule has 2 rings (SSSR count). The lowest BCUT2D eigenvalue weighted by Gasteiger charge is -2.13. The molecule has 1 aromatic carbocycles. The zero-order chi connectivity index (χ0) is 10.1. The third-order valence-corrected chi connectivity index (χ3v) is 3.57. The van der Waals surface area contributed by atoms with E-state index in [0.717, 1.165) is 21.5 Å². The Balaban J connectivity index is 2.16. The second-order valence-corrected chi connectivity index (χ2v) is 5.13. The van der Waals surface area contributed by atoms with E-state index in [1.807, 2.05) is 18.2 Å². The van der Waals surface area contributed by atoms with E-state index in [2.05, 4.69) is 22.6 Å². The van der Waals surface area contributed by atoms with E-state index in [-0.39, 0.29) is 6.04 Å². The molecule has 0 spiro atoms. The molecule has 2 nitrogen and oxygen atoms in total. The molecule has 76 valence electrons. The molecule has 0 aromatic heterocycles. The summed E-state index contributed by atoms with van der Waals surface area (Å²) >= 11 is 2.13. The predicted octanol–water partition coefficient (Wildman–Crippen LogP) is 2.80. The van der Waals surface area contributed by atoms with Crippen molar-refractivity contribution < 1.29 is 5.11 Å². The molecule has 1 aliphatic rings. The first kappa shape index (κ1) is 10.2. The maximum absolute atomic E-state index is 9.81. The lowest BCUT2D eigenvalue weighted by Crippen LogP contribution is -2.11. The molecule has 3 N–H and O–H groups in total. The summed E-state index contributed by atoms with van der Waals surface area (Å²) in [4.78, 5) is 0. The minimum Gasteiger partial charge on any atom is -0.506 e. The van der Waals surface area contributed by atoms with Gasteiger partial charge in [0.2, 0.25) is 0 Å². The van der Waals surface area contributed by atoms with E-state index < -0.39 is 0 Å². The summed E-state index contributed by atoms with van der Waals surface area (Å²) in [7, 11) is 0. The second-order valence-electron chi connectivity index (χ2n) is 3.96. The Bertz CT molecular complexity index is 336. The van der Waals surface area contributed by atoms with Crippen molar-refractivity contribution in [2.45, 2.75) is 25.3 Å². The van der Waals surface area contributed by atoms with Gasteiger partial charge in [0.05, 0.1) is 3.57 Å². The number of hydrogen-bond acceptors (Lipinski definition) is 2. The summed E-state index contributed by atoms with van der Waals surface area (Å²) in [6, 6.07) is 5.76. The molecule has 0 bridgehead atoms. The van der Waals surface area contributed by atoms with Crippen molar-refractivity contribution in [2.75, 3.05) is 0 Å². The van der Waals surface area contributed by atoms with Gasteiger partial charge in [0.25, 0.3) is 0 Å². The van der Waals surface area contributed by atoms with Crippen LogP contribution < -0.4 is 5.73 Å². The normalized spacial score (nSPS) is 18.1. The van der Waals surface area contributed by atoms with Gasteiger partial charge >= 0.3 is 0 Å². The van der Waals surface area contributed by atoms with E-state index in [1.165, 1.54) is 12.8 Å². The first-order valence-electron chi connectivity index (χ1n) is 4.91. The summed E-state index contributed by atoms with van der Waals surface area (Å²) in [5.41, 5.74) is 6.93. The molecule has 1 fully saturated rings. The van der Waals surface area contributed by atoms with Gasteiger partial charge in [0, 0.05) is 11.6 Å². The number of halogens is 1. The van der Waals surface area contributed by atoms with Crippen LogP contribution >= 0.6 is 22.6 Å². The van der Waals surface area contributed by atoms with E-state index in [0.29, 0.717) is 5.75 Å². The van der Waals surface area contributed by atoms with Crippen molar-refractivity contribution in [2.24, 2.45) is 11.7 Å². The molecule has 1 atom stereocenters. The first-order chi connectivity index (χ1) is 6.68. The number of para-hydroxylation sites is 1. The third-order valence-electron chi connectivity index (χ3n) is 2.70. The smallest absolute Gasteiger partial charge is 0.133 e. The highest BCUT2D eigenvalue weighted by atomic mass is 127. The maximum atomic E-state index is 9.81. The fourth-order valence-corrected chi connectivity index (χ4v) is 2.19. The Kier molecular flexibility index (Phi) is 2.97. The SMILES string of the molecule is NC(CC1CC1)c1cccc(I)c1O. The Morgan fingerprint density at radius 2 is 2.21 bits per heavy atom. The maximum Gasteiger partial charge on any atom is 0.133 e. The van der Waals surface area contributed by atoms with Gasteiger partial charge in [-0.05, 0) is 41.0 Å². The van der Waals surface area contributed by atoms with Gasteiger partial charge in [-0.15, -0.1) is 0 Å². The standard InChI is InChI=1S/C11H14INO/c12-9-3-1-2-8(11(9)14)10(13)6-7-4-5-7/h1-3,7,10,14H,4-6,13H2. The van der Waals surface area contributed by atoms with E-state index >= 15 is 0 Å². The largest absolute Gasteiger partial charge is 0.506 e. The molecule has 1 unspecified atom stereocenters. The number of phenolic OH excluding ortho intramolecular Hbond substituents is 1. The van der Waals surface area contributed by atoms with Gasteiger partial charge in [-0.1, -0.05) is 25.0 Å². The van der Waals surface area contributed by atoms with Crippen molar-refractivity contribution in [1.82, 2.24) is 0 Å². The molecule has 1 aromatic rings. The zero-order valence-electron chi connectivity index (χ0n) is 7.91. The Labute approximate surface area is 97.6 Å².